The van der Waals surface area contributed by atoms with E-state index >= 15 is 0 Å². The van der Waals surface area contributed by atoms with E-state index < -0.39 is 0 Å². The maximum atomic E-state index is 5.64. The van der Waals surface area contributed by atoms with Gasteiger partial charge in [0.25, 0.3) is 0 Å². The van der Waals surface area contributed by atoms with Crippen molar-refractivity contribution in [3.05, 3.63) is 76.7 Å². The zero-order valence-corrected chi connectivity index (χ0v) is 17.7. The van der Waals surface area contributed by atoms with Crippen LogP contribution < -0.4 is 16.1 Å². The SMILES string of the molecule is CC1=CC(C)(C)N(Cc2ccccc2)c2ccc(C=NNc3nc(N)cs3)cc21. The van der Waals surface area contributed by atoms with Crippen LogP contribution in [-0.2, 0) is 6.54 Å². The van der Waals surface area contributed by atoms with Crippen molar-refractivity contribution in [3.63, 3.8) is 0 Å². The van der Waals surface area contributed by atoms with Gasteiger partial charge in [0.15, 0.2) is 0 Å². The van der Waals surface area contributed by atoms with Crippen LogP contribution in [0.4, 0.5) is 16.6 Å². The molecule has 0 atom stereocenters. The molecule has 6 heteroatoms. The molecule has 0 radical (unpaired) electrons. The zero-order chi connectivity index (χ0) is 20.4. The molecule has 1 aromatic heterocycles. The summed E-state index contributed by atoms with van der Waals surface area (Å²) >= 11 is 1.43. The molecule has 0 bridgehead atoms. The highest BCUT2D eigenvalue weighted by Gasteiger charge is 2.31. The maximum absolute atomic E-state index is 5.64. The smallest absolute Gasteiger partial charge is 0.205 e. The fraction of sp³-hybridized carbons (Fsp3) is 0.217. The number of nitrogens with zero attached hydrogens (tertiary/aromatic N) is 3. The van der Waals surface area contributed by atoms with Gasteiger partial charge in [-0.3, -0.25) is 5.43 Å². The lowest BCUT2D eigenvalue weighted by Gasteiger charge is -2.43. The van der Waals surface area contributed by atoms with E-state index in [0.717, 1.165) is 12.1 Å². The van der Waals surface area contributed by atoms with Crippen molar-refractivity contribution in [2.24, 2.45) is 5.10 Å². The van der Waals surface area contributed by atoms with Crippen LogP contribution >= 0.6 is 11.3 Å². The third-order valence-corrected chi connectivity index (χ3v) is 5.85. The first-order valence-corrected chi connectivity index (χ1v) is 10.5. The lowest BCUT2D eigenvalue weighted by atomic mass is 9.87. The molecule has 0 fully saturated rings. The van der Waals surface area contributed by atoms with Gasteiger partial charge in [-0.1, -0.05) is 42.5 Å². The first kappa shape index (κ1) is 19.2. The summed E-state index contributed by atoms with van der Waals surface area (Å²) < 4.78 is 0. The van der Waals surface area contributed by atoms with Crippen molar-refractivity contribution in [2.45, 2.75) is 32.9 Å². The Balaban J connectivity index is 1.61. The normalized spacial score (nSPS) is 15.3. The number of allylic oxidation sites excluding steroid dienone is 1. The number of fused-ring (bicyclic) bond motifs is 1. The van der Waals surface area contributed by atoms with E-state index in [1.165, 1.54) is 33.7 Å². The van der Waals surface area contributed by atoms with E-state index in [1.54, 1.807) is 5.38 Å². The molecule has 2 aromatic carbocycles. The minimum Gasteiger partial charge on any atom is -0.383 e. The van der Waals surface area contributed by atoms with Crippen LogP contribution in [0.25, 0.3) is 5.57 Å². The van der Waals surface area contributed by atoms with Crippen molar-refractivity contribution in [1.29, 1.82) is 0 Å². The number of nitrogen functional groups attached to an aromatic ring is 1. The van der Waals surface area contributed by atoms with Gasteiger partial charge in [0.2, 0.25) is 5.13 Å². The number of benzene rings is 2. The van der Waals surface area contributed by atoms with Crippen LogP contribution in [0.15, 0.2) is 65.1 Å². The topological polar surface area (TPSA) is 66.5 Å². The van der Waals surface area contributed by atoms with Crippen LogP contribution in [0.5, 0.6) is 0 Å². The number of rotatable bonds is 5. The highest BCUT2D eigenvalue weighted by atomic mass is 32.1. The standard InChI is InChI=1S/C23H25N5S/c1-16-12-23(2,3)28(14-17-7-5-4-6-8-17)20-10-9-18(11-19(16)20)13-25-27-22-26-21(24)15-29-22/h4-13,15H,14,24H2,1-3H3,(H,26,27). The van der Waals surface area contributed by atoms with Crippen LogP contribution in [0.1, 0.15) is 37.5 Å². The van der Waals surface area contributed by atoms with Gasteiger partial charge in [-0.05, 0) is 49.6 Å². The quantitative estimate of drug-likeness (QED) is 0.444. The van der Waals surface area contributed by atoms with E-state index in [4.69, 9.17) is 5.73 Å². The van der Waals surface area contributed by atoms with Gasteiger partial charge in [-0.15, -0.1) is 11.3 Å². The molecule has 0 aliphatic carbocycles. The molecule has 3 N–H and O–H groups in total. The summed E-state index contributed by atoms with van der Waals surface area (Å²) in [5.74, 6) is 0.503. The second-order valence-electron chi connectivity index (χ2n) is 7.78. The minimum atomic E-state index is -0.0607. The predicted molar refractivity (Wildman–Crippen MR) is 125 cm³/mol. The van der Waals surface area contributed by atoms with Crippen molar-refractivity contribution in [3.8, 4) is 0 Å². The number of thiazole rings is 1. The monoisotopic (exact) mass is 403 g/mol. The molecule has 148 valence electrons. The molecule has 0 amide bonds. The van der Waals surface area contributed by atoms with E-state index in [9.17, 15) is 0 Å². The maximum Gasteiger partial charge on any atom is 0.205 e. The first-order chi connectivity index (χ1) is 13.9. The highest BCUT2D eigenvalue weighted by molar-refractivity contribution is 7.14. The van der Waals surface area contributed by atoms with Crippen LogP contribution in [0.2, 0.25) is 0 Å². The van der Waals surface area contributed by atoms with Crippen molar-refractivity contribution in [1.82, 2.24) is 4.98 Å². The average Bonchev–Trinajstić information content (AvgIpc) is 3.11. The Hall–Kier alpha value is -3.12. The fourth-order valence-electron chi connectivity index (χ4n) is 3.74. The van der Waals surface area contributed by atoms with Crippen molar-refractivity contribution >= 4 is 39.8 Å². The van der Waals surface area contributed by atoms with Gasteiger partial charge in [0.1, 0.15) is 5.82 Å². The average molecular weight is 404 g/mol. The van der Waals surface area contributed by atoms with Gasteiger partial charge in [0.05, 0.1) is 11.8 Å². The fourth-order valence-corrected chi connectivity index (χ4v) is 4.28. The Morgan fingerprint density at radius 1 is 1.21 bits per heavy atom. The van der Waals surface area contributed by atoms with Gasteiger partial charge in [-0.25, -0.2) is 4.98 Å². The molecule has 0 saturated carbocycles. The van der Waals surface area contributed by atoms with E-state index in [0.29, 0.717) is 10.9 Å². The van der Waals surface area contributed by atoms with Gasteiger partial charge in [-0.2, -0.15) is 5.10 Å². The summed E-state index contributed by atoms with van der Waals surface area (Å²) in [6, 6.07) is 17.1. The molecule has 0 saturated heterocycles. The van der Waals surface area contributed by atoms with Gasteiger partial charge < -0.3 is 10.6 Å². The number of nitrogens with two attached hydrogens (primary N) is 1. The molecule has 1 aliphatic heterocycles. The van der Waals surface area contributed by atoms with E-state index in [1.807, 2.05) is 6.21 Å². The van der Waals surface area contributed by atoms with Crippen molar-refractivity contribution in [2.75, 3.05) is 16.1 Å². The second kappa shape index (κ2) is 7.72. The molecule has 0 unspecified atom stereocenters. The molecular weight excluding hydrogens is 378 g/mol. The number of hydrazone groups is 1. The summed E-state index contributed by atoms with van der Waals surface area (Å²) in [5, 5.41) is 6.77. The largest absolute Gasteiger partial charge is 0.383 e. The molecule has 2 heterocycles. The summed E-state index contributed by atoms with van der Waals surface area (Å²) in [7, 11) is 0. The molecule has 29 heavy (non-hydrogen) atoms. The predicted octanol–water partition coefficient (Wildman–Crippen LogP) is 5.37. The lowest BCUT2D eigenvalue weighted by molar-refractivity contribution is 0.552. The number of aromatic nitrogens is 1. The summed E-state index contributed by atoms with van der Waals surface area (Å²) in [6.45, 7) is 7.58. The Morgan fingerprint density at radius 2 is 2.00 bits per heavy atom. The summed E-state index contributed by atoms with van der Waals surface area (Å²) in [4.78, 5) is 6.61. The number of hydrogen-bond donors (Lipinski definition) is 2. The van der Waals surface area contributed by atoms with Crippen molar-refractivity contribution < 1.29 is 0 Å². The Labute approximate surface area is 175 Å². The second-order valence-corrected chi connectivity index (χ2v) is 8.63. The van der Waals surface area contributed by atoms with Gasteiger partial charge >= 0.3 is 0 Å². The molecular formula is C23H25N5S. The summed E-state index contributed by atoms with van der Waals surface area (Å²) in [5.41, 5.74) is 14.6. The number of nitrogens with one attached hydrogen (secondary N) is 1. The number of anilines is 3. The summed E-state index contributed by atoms with van der Waals surface area (Å²) in [6.07, 6.45) is 4.15. The molecule has 5 nitrogen and oxygen atoms in total. The minimum absolute atomic E-state index is 0.0607. The van der Waals surface area contributed by atoms with Gasteiger partial charge in [0, 0.05) is 23.2 Å². The third kappa shape index (κ3) is 4.17. The Morgan fingerprint density at radius 3 is 2.72 bits per heavy atom. The lowest BCUT2D eigenvalue weighted by Crippen LogP contribution is -2.44. The molecule has 1 aliphatic rings. The zero-order valence-electron chi connectivity index (χ0n) is 16.9. The van der Waals surface area contributed by atoms with Crippen LogP contribution in [0.3, 0.4) is 0 Å². The molecule has 3 aromatic rings. The highest BCUT2D eigenvalue weighted by Crippen LogP contribution is 2.40. The van der Waals surface area contributed by atoms with Crippen LogP contribution in [0, 0.1) is 0 Å². The Bertz CT molecular complexity index is 1070. The van der Waals surface area contributed by atoms with E-state index in [2.05, 4.69) is 95.8 Å². The first-order valence-electron chi connectivity index (χ1n) is 9.58. The Kier molecular flexibility index (Phi) is 5.11. The van der Waals surface area contributed by atoms with Crippen LogP contribution in [-0.4, -0.2) is 16.7 Å². The molecule has 4 rings (SSSR count). The number of hydrogen-bond acceptors (Lipinski definition) is 6. The molecule has 0 spiro atoms. The third-order valence-electron chi connectivity index (χ3n) is 5.08. The van der Waals surface area contributed by atoms with E-state index in [-0.39, 0.29) is 5.54 Å².